The summed E-state index contributed by atoms with van der Waals surface area (Å²) in [7, 11) is 1.28. The van der Waals surface area contributed by atoms with E-state index in [4.69, 9.17) is 0 Å². The van der Waals surface area contributed by atoms with Gasteiger partial charge in [-0.15, -0.1) is 0 Å². The molecule has 0 aliphatic rings. The predicted octanol–water partition coefficient (Wildman–Crippen LogP) is 2.61. The number of hydrogen-bond acceptors (Lipinski definition) is 3. The van der Waals surface area contributed by atoms with Crippen LogP contribution in [0.4, 0.5) is 0 Å². The molecular weight excluding hydrogens is 216 g/mol. The quantitative estimate of drug-likeness (QED) is 0.559. The number of carbonyl (C=O) groups excluding carboxylic acids is 2. The van der Waals surface area contributed by atoms with Gasteiger partial charge in [-0.1, -0.05) is 42.5 Å². The lowest BCUT2D eigenvalue weighted by molar-refractivity contribution is -0.143. The molecule has 1 aromatic carbocycles. The van der Waals surface area contributed by atoms with Crippen molar-refractivity contribution in [3.8, 4) is 0 Å². The molecule has 17 heavy (non-hydrogen) atoms. The zero-order valence-electron chi connectivity index (χ0n) is 9.89. The minimum absolute atomic E-state index is 0.0884. The Labute approximate surface area is 101 Å². The third kappa shape index (κ3) is 5.66. The van der Waals surface area contributed by atoms with Crippen LogP contribution in [-0.4, -0.2) is 18.9 Å². The topological polar surface area (TPSA) is 43.4 Å². The van der Waals surface area contributed by atoms with Gasteiger partial charge in [-0.05, 0) is 12.0 Å². The molecule has 0 saturated heterocycles. The van der Waals surface area contributed by atoms with Crippen molar-refractivity contribution in [3.05, 3.63) is 42.0 Å². The van der Waals surface area contributed by atoms with Crippen LogP contribution >= 0.6 is 0 Å². The lowest BCUT2D eigenvalue weighted by atomic mass is 10.1. The second kappa shape index (κ2) is 7.39. The zero-order valence-corrected chi connectivity index (χ0v) is 9.89. The summed E-state index contributed by atoms with van der Waals surface area (Å²) in [6.45, 7) is 0. The van der Waals surface area contributed by atoms with Gasteiger partial charge in [0.05, 0.1) is 7.11 Å². The highest BCUT2D eigenvalue weighted by molar-refractivity contribution is 5.95. The van der Waals surface area contributed by atoms with E-state index < -0.39 is 5.97 Å². The molecule has 0 amide bonds. The van der Waals surface area contributed by atoms with Crippen LogP contribution in [0.2, 0.25) is 0 Å². The zero-order chi connectivity index (χ0) is 12.5. The van der Waals surface area contributed by atoms with Crippen molar-refractivity contribution < 1.29 is 14.3 Å². The summed E-state index contributed by atoms with van der Waals surface area (Å²) in [5.74, 6) is -0.559. The summed E-state index contributed by atoms with van der Waals surface area (Å²) >= 11 is 0. The van der Waals surface area contributed by atoms with Gasteiger partial charge in [0.25, 0.3) is 0 Å². The summed E-state index contributed by atoms with van der Waals surface area (Å²) < 4.78 is 4.42. The van der Waals surface area contributed by atoms with Crippen molar-refractivity contribution in [2.24, 2.45) is 0 Å². The van der Waals surface area contributed by atoms with E-state index in [2.05, 4.69) is 4.74 Å². The fraction of sp³-hybridized carbons (Fsp3) is 0.286. The van der Waals surface area contributed by atoms with Crippen LogP contribution in [0.3, 0.4) is 0 Å². The van der Waals surface area contributed by atoms with Crippen LogP contribution in [0.25, 0.3) is 6.08 Å². The summed E-state index contributed by atoms with van der Waals surface area (Å²) in [5.41, 5.74) is 1.10. The second-order valence-corrected chi connectivity index (χ2v) is 3.64. The number of benzene rings is 1. The van der Waals surface area contributed by atoms with Gasteiger partial charge < -0.3 is 4.74 Å². The lowest BCUT2D eigenvalue weighted by Crippen LogP contribution is -2.08. The van der Waals surface area contributed by atoms with Crippen LogP contribution in [0, 0.1) is 0 Å². The monoisotopic (exact) mass is 232 g/mol. The molecule has 0 aliphatic heterocycles. The molecule has 0 N–H and O–H groups in total. The Morgan fingerprint density at radius 3 is 2.59 bits per heavy atom. The molecule has 0 heterocycles. The van der Waals surface area contributed by atoms with Crippen molar-refractivity contribution in [2.45, 2.75) is 19.3 Å². The molecule has 0 fully saturated rings. The van der Waals surface area contributed by atoms with Gasteiger partial charge in [-0.3, -0.25) is 9.59 Å². The minimum Gasteiger partial charge on any atom is -0.469 e. The van der Waals surface area contributed by atoms with E-state index in [-0.39, 0.29) is 12.2 Å². The Morgan fingerprint density at radius 2 is 1.94 bits per heavy atom. The predicted molar refractivity (Wildman–Crippen MR) is 66.4 cm³/mol. The molecule has 3 nitrogen and oxygen atoms in total. The van der Waals surface area contributed by atoms with Gasteiger partial charge >= 0.3 is 5.97 Å². The molecule has 0 saturated carbocycles. The fourth-order valence-corrected chi connectivity index (χ4v) is 1.35. The first-order valence-corrected chi connectivity index (χ1v) is 5.52. The van der Waals surface area contributed by atoms with E-state index in [1.807, 2.05) is 42.5 Å². The molecule has 0 aromatic heterocycles. The lowest BCUT2D eigenvalue weighted by Gasteiger charge is -1.97. The molecule has 1 aromatic rings. The molecule has 0 spiro atoms. The van der Waals surface area contributed by atoms with Gasteiger partial charge in [0, 0.05) is 6.42 Å². The average molecular weight is 232 g/mol. The maximum absolute atomic E-state index is 11.3. The molecular formula is C14H16O3. The number of allylic oxidation sites excluding steroid dienone is 1. The van der Waals surface area contributed by atoms with Crippen molar-refractivity contribution >= 4 is 17.8 Å². The van der Waals surface area contributed by atoms with E-state index in [1.54, 1.807) is 0 Å². The van der Waals surface area contributed by atoms with Crippen LogP contribution in [0.15, 0.2) is 36.4 Å². The number of ether oxygens (including phenoxy) is 1. The maximum atomic E-state index is 11.3. The first-order chi connectivity index (χ1) is 8.22. The van der Waals surface area contributed by atoms with Gasteiger partial charge in [-0.2, -0.15) is 0 Å². The molecule has 0 aliphatic carbocycles. The average Bonchev–Trinajstić information content (AvgIpc) is 2.36. The Kier molecular flexibility index (Phi) is 5.72. The molecule has 1 rings (SSSR count). The number of carbonyl (C=O) groups is 2. The Hall–Kier alpha value is -1.90. The van der Waals surface area contributed by atoms with Crippen LogP contribution < -0.4 is 0 Å². The van der Waals surface area contributed by atoms with E-state index >= 15 is 0 Å². The van der Waals surface area contributed by atoms with Gasteiger partial charge in [0.15, 0.2) is 0 Å². The highest BCUT2D eigenvalue weighted by atomic mass is 16.5. The Bertz CT molecular complexity index is 393. The van der Waals surface area contributed by atoms with Gasteiger partial charge in [-0.25, -0.2) is 0 Å². The molecule has 3 heteroatoms. The number of hydrogen-bond donors (Lipinski definition) is 0. The molecule has 0 atom stereocenters. The van der Waals surface area contributed by atoms with Gasteiger partial charge in [0.2, 0.25) is 0 Å². The highest BCUT2D eigenvalue weighted by Gasteiger charge is 2.07. The number of Topliss-reactive ketones (excluding diaryl/α,β-unsaturated/α-hetero) is 1. The second-order valence-electron chi connectivity index (χ2n) is 3.64. The SMILES string of the molecule is COC(=O)CC(=O)CC/C=C/c1ccccc1. The van der Waals surface area contributed by atoms with E-state index in [0.717, 1.165) is 5.56 Å². The van der Waals surface area contributed by atoms with Crippen LogP contribution in [0.1, 0.15) is 24.8 Å². The standard InChI is InChI=1S/C14H16O3/c1-17-14(16)11-13(15)10-6-5-9-12-7-3-2-4-8-12/h2-5,7-9H,6,10-11H2,1H3/b9-5+. The van der Waals surface area contributed by atoms with Crippen molar-refractivity contribution in [2.75, 3.05) is 7.11 Å². The first-order valence-electron chi connectivity index (χ1n) is 5.52. The third-order valence-electron chi connectivity index (χ3n) is 2.27. The molecule has 0 radical (unpaired) electrons. The summed E-state index contributed by atoms with van der Waals surface area (Å²) in [4.78, 5) is 22.1. The van der Waals surface area contributed by atoms with Crippen LogP contribution in [0.5, 0.6) is 0 Å². The van der Waals surface area contributed by atoms with Crippen molar-refractivity contribution in [1.82, 2.24) is 0 Å². The minimum atomic E-state index is -0.470. The van der Waals surface area contributed by atoms with Crippen LogP contribution in [-0.2, 0) is 14.3 Å². The largest absolute Gasteiger partial charge is 0.469 e. The highest BCUT2D eigenvalue weighted by Crippen LogP contribution is 2.04. The summed E-state index contributed by atoms with van der Waals surface area (Å²) in [6, 6.07) is 9.86. The number of esters is 1. The number of ketones is 1. The number of rotatable bonds is 6. The first kappa shape index (κ1) is 13.2. The summed E-state index contributed by atoms with van der Waals surface area (Å²) in [6.07, 6.45) is 4.79. The molecule has 0 unspecified atom stereocenters. The Morgan fingerprint density at radius 1 is 1.24 bits per heavy atom. The van der Waals surface area contributed by atoms with Crippen molar-refractivity contribution in [3.63, 3.8) is 0 Å². The third-order valence-corrected chi connectivity index (χ3v) is 2.27. The Balaban J connectivity index is 2.26. The van der Waals surface area contributed by atoms with E-state index in [9.17, 15) is 9.59 Å². The maximum Gasteiger partial charge on any atom is 0.313 e. The van der Waals surface area contributed by atoms with E-state index in [1.165, 1.54) is 7.11 Å². The smallest absolute Gasteiger partial charge is 0.313 e. The number of methoxy groups -OCH3 is 1. The van der Waals surface area contributed by atoms with E-state index in [0.29, 0.717) is 12.8 Å². The fourth-order valence-electron chi connectivity index (χ4n) is 1.35. The molecule has 0 bridgehead atoms. The van der Waals surface area contributed by atoms with Crippen molar-refractivity contribution in [1.29, 1.82) is 0 Å². The normalized spacial score (nSPS) is 10.4. The molecule has 90 valence electrons. The summed E-state index contributed by atoms with van der Waals surface area (Å²) in [5, 5.41) is 0. The van der Waals surface area contributed by atoms with Gasteiger partial charge in [0.1, 0.15) is 12.2 Å².